The number of hydrogen-bond acceptors (Lipinski definition) is 3. The van der Waals surface area contributed by atoms with Gasteiger partial charge in [0.05, 0.1) is 6.61 Å². The molecule has 0 aliphatic heterocycles. The molecule has 2 rings (SSSR count). The number of nitrogens with two attached hydrogens (primary N) is 2. The van der Waals surface area contributed by atoms with Crippen LogP contribution in [0.15, 0.2) is 18.2 Å². The quantitative estimate of drug-likeness (QED) is 0.791. The summed E-state index contributed by atoms with van der Waals surface area (Å²) in [5.74, 6) is -0.144. The molecular weight excluding hydrogens is 219 g/mol. The molecule has 17 heavy (non-hydrogen) atoms. The molecule has 3 nitrogen and oxygen atoms in total. The molecule has 0 spiro atoms. The molecule has 4 heteroatoms. The van der Waals surface area contributed by atoms with Crippen LogP contribution in [-0.2, 0) is 0 Å². The normalized spacial score (nSPS) is 18.2. The number of hydrogen-bond donors (Lipinski definition) is 2. The first-order valence-corrected chi connectivity index (χ1v) is 6.03. The van der Waals surface area contributed by atoms with Gasteiger partial charge in [-0.2, -0.15) is 0 Å². The predicted molar refractivity (Wildman–Crippen MR) is 66.3 cm³/mol. The zero-order chi connectivity index (χ0) is 12.3. The van der Waals surface area contributed by atoms with Crippen molar-refractivity contribution >= 4 is 5.69 Å². The average Bonchev–Trinajstić information content (AvgIpc) is 2.77. The van der Waals surface area contributed by atoms with Crippen LogP contribution in [0.25, 0.3) is 0 Å². The summed E-state index contributed by atoms with van der Waals surface area (Å²) in [5.41, 5.74) is 11.7. The molecule has 1 aromatic carbocycles. The molecule has 0 aromatic heterocycles. The van der Waals surface area contributed by atoms with Crippen molar-refractivity contribution in [2.24, 2.45) is 11.1 Å². The molecule has 0 atom stereocenters. The third-order valence-electron chi connectivity index (χ3n) is 3.59. The Morgan fingerprint density at radius 2 is 2.00 bits per heavy atom. The zero-order valence-corrected chi connectivity index (χ0v) is 9.92. The smallest absolute Gasteiger partial charge is 0.167 e. The van der Waals surface area contributed by atoms with Crippen LogP contribution in [0.5, 0.6) is 5.75 Å². The second kappa shape index (κ2) is 4.92. The van der Waals surface area contributed by atoms with E-state index in [0.717, 1.165) is 12.8 Å². The fourth-order valence-electron chi connectivity index (χ4n) is 2.40. The lowest BCUT2D eigenvalue weighted by atomic mass is 9.87. The molecule has 1 aliphatic carbocycles. The number of anilines is 1. The average molecular weight is 238 g/mol. The van der Waals surface area contributed by atoms with Gasteiger partial charge in [-0.3, -0.25) is 0 Å². The van der Waals surface area contributed by atoms with Gasteiger partial charge in [0.2, 0.25) is 0 Å². The highest BCUT2D eigenvalue weighted by molar-refractivity contribution is 5.42. The maximum absolute atomic E-state index is 13.5. The van der Waals surface area contributed by atoms with Crippen molar-refractivity contribution in [1.82, 2.24) is 0 Å². The van der Waals surface area contributed by atoms with Crippen molar-refractivity contribution in [1.29, 1.82) is 0 Å². The van der Waals surface area contributed by atoms with Crippen LogP contribution >= 0.6 is 0 Å². The third-order valence-corrected chi connectivity index (χ3v) is 3.59. The predicted octanol–water partition coefficient (Wildman–Crippen LogP) is 2.31. The van der Waals surface area contributed by atoms with E-state index in [1.54, 1.807) is 12.1 Å². The highest BCUT2D eigenvalue weighted by Crippen LogP contribution is 2.37. The summed E-state index contributed by atoms with van der Waals surface area (Å²) in [7, 11) is 0. The molecule has 0 amide bonds. The van der Waals surface area contributed by atoms with Gasteiger partial charge in [-0.05, 0) is 25.0 Å². The van der Waals surface area contributed by atoms with E-state index in [1.807, 2.05) is 0 Å². The van der Waals surface area contributed by atoms with E-state index in [1.165, 1.54) is 18.9 Å². The van der Waals surface area contributed by atoms with Crippen molar-refractivity contribution in [3.63, 3.8) is 0 Å². The second-order valence-electron chi connectivity index (χ2n) is 4.89. The fraction of sp³-hybridized carbons (Fsp3) is 0.538. The van der Waals surface area contributed by atoms with Gasteiger partial charge < -0.3 is 16.2 Å². The molecule has 0 heterocycles. The minimum Gasteiger partial charge on any atom is -0.490 e. The van der Waals surface area contributed by atoms with E-state index in [0.29, 0.717) is 18.8 Å². The number of ether oxygens (including phenoxy) is 1. The maximum Gasteiger partial charge on any atom is 0.167 e. The molecule has 1 aromatic rings. The van der Waals surface area contributed by atoms with Crippen LogP contribution in [0.4, 0.5) is 10.1 Å². The Labute approximate surface area is 101 Å². The van der Waals surface area contributed by atoms with E-state index >= 15 is 0 Å². The first-order valence-electron chi connectivity index (χ1n) is 6.03. The van der Waals surface area contributed by atoms with Crippen LogP contribution in [0.2, 0.25) is 0 Å². The summed E-state index contributed by atoms with van der Waals surface area (Å²) in [5, 5.41) is 0. The van der Waals surface area contributed by atoms with Gasteiger partial charge in [0.15, 0.2) is 11.6 Å². The van der Waals surface area contributed by atoms with Gasteiger partial charge in [-0.1, -0.05) is 12.8 Å². The van der Waals surface area contributed by atoms with E-state index < -0.39 is 5.82 Å². The molecule has 1 fully saturated rings. The minimum atomic E-state index is -0.407. The molecular formula is C13H19FN2O. The number of benzene rings is 1. The summed E-state index contributed by atoms with van der Waals surface area (Å²) in [6.07, 6.45) is 4.51. The van der Waals surface area contributed by atoms with Crippen LogP contribution in [0.1, 0.15) is 25.7 Å². The molecule has 1 aliphatic rings. The van der Waals surface area contributed by atoms with Gasteiger partial charge in [0.1, 0.15) is 0 Å². The Balaban J connectivity index is 2.01. The van der Waals surface area contributed by atoms with E-state index in [9.17, 15) is 4.39 Å². The minimum absolute atomic E-state index is 0.0355. The van der Waals surface area contributed by atoms with Crippen LogP contribution in [-0.4, -0.2) is 13.2 Å². The van der Waals surface area contributed by atoms with Crippen LogP contribution in [0.3, 0.4) is 0 Å². The van der Waals surface area contributed by atoms with Gasteiger partial charge >= 0.3 is 0 Å². The molecule has 94 valence electrons. The Hall–Kier alpha value is -1.29. The highest BCUT2D eigenvalue weighted by Gasteiger charge is 2.33. The number of nitrogen functional groups attached to an aromatic ring is 1. The third kappa shape index (κ3) is 2.69. The molecule has 0 unspecified atom stereocenters. The van der Waals surface area contributed by atoms with Gasteiger partial charge in [0.25, 0.3) is 0 Å². The Morgan fingerprint density at radius 3 is 2.59 bits per heavy atom. The Kier molecular flexibility index (Phi) is 3.52. The molecule has 4 N–H and O–H groups in total. The summed E-state index contributed by atoms with van der Waals surface area (Å²) >= 11 is 0. The first-order chi connectivity index (χ1) is 8.15. The van der Waals surface area contributed by atoms with Crippen molar-refractivity contribution in [2.75, 3.05) is 18.9 Å². The highest BCUT2D eigenvalue weighted by atomic mass is 19.1. The Bertz CT molecular complexity index is 389. The lowest BCUT2D eigenvalue weighted by Crippen LogP contribution is -2.33. The van der Waals surface area contributed by atoms with Gasteiger partial charge in [0, 0.05) is 23.7 Å². The van der Waals surface area contributed by atoms with Crippen molar-refractivity contribution in [3.05, 3.63) is 24.0 Å². The standard InChI is InChI=1S/C13H19FN2O/c14-11-7-10(16)3-4-12(11)17-9-13(8-15)5-1-2-6-13/h3-4,7H,1-2,5-6,8-9,15-16H2. The topological polar surface area (TPSA) is 61.3 Å². The van der Waals surface area contributed by atoms with Gasteiger partial charge in [-0.25, -0.2) is 4.39 Å². The number of rotatable bonds is 4. The van der Waals surface area contributed by atoms with Gasteiger partial charge in [-0.15, -0.1) is 0 Å². The summed E-state index contributed by atoms with van der Waals surface area (Å²) in [6, 6.07) is 4.49. The zero-order valence-electron chi connectivity index (χ0n) is 9.92. The van der Waals surface area contributed by atoms with Crippen LogP contribution in [0, 0.1) is 11.2 Å². The molecule has 0 saturated heterocycles. The van der Waals surface area contributed by atoms with E-state index in [-0.39, 0.29) is 11.2 Å². The lowest BCUT2D eigenvalue weighted by Gasteiger charge is -2.27. The fourth-order valence-corrected chi connectivity index (χ4v) is 2.40. The SMILES string of the molecule is NCC1(COc2ccc(N)cc2F)CCCC1. The summed E-state index contributed by atoms with van der Waals surface area (Å²) < 4.78 is 19.1. The van der Waals surface area contributed by atoms with E-state index in [4.69, 9.17) is 16.2 Å². The summed E-state index contributed by atoms with van der Waals surface area (Å²) in [4.78, 5) is 0. The number of halogens is 1. The largest absolute Gasteiger partial charge is 0.490 e. The van der Waals surface area contributed by atoms with E-state index in [2.05, 4.69) is 0 Å². The monoisotopic (exact) mass is 238 g/mol. The van der Waals surface area contributed by atoms with Crippen LogP contribution < -0.4 is 16.2 Å². The van der Waals surface area contributed by atoms with Crippen molar-refractivity contribution in [3.8, 4) is 5.75 Å². The Morgan fingerprint density at radius 1 is 1.29 bits per heavy atom. The van der Waals surface area contributed by atoms with Crippen molar-refractivity contribution in [2.45, 2.75) is 25.7 Å². The molecule has 1 saturated carbocycles. The summed E-state index contributed by atoms with van der Waals surface area (Å²) in [6.45, 7) is 1.09. The second-order valence-corrected chi connectivity index (χ2v) is 4.89. The van der Waals surface area contributed by atoms with Crippen molar-refractivity contribution < 1.29 is 9.13 Å². The maximum atomic E-state index is 13.5. The molecule has 0 radical (unpaired) electrons. The molecule has 0 bridgehead atoms. The first kappa shape index (κ1) is 12.2. The lowest BCUT2D eigenvalue weighted by molar-refractivity contribution is 0.152.